The highest BCUT2D eigenvalue weighted by Gasteiger charge is 2.28. The van der Waals surface area contributed by atoms with Crippen LogP contribution < -0.4 is 16.0 Å². The summed E-state index contributed by atoms with van der Waals surface area (Å²) in [5.74, 6) is 0.455. The maximum Gasteiger partial charge on any atom is 0.331 e. The number of aryl methyl sites for hydroxylation is 1. The van der Waals surface area contributed by atoms with Gasteiger partial charge in [0.2, 0.25) is 10.0 Å². The van der Waals surface area contributed by atoms with Crippen LogP contribution in [0.15, 0.2) is 37.2 Å². The fraction of sp³-hybridized carbons (Fsp3) is 0.455. The van der Waals surface area contributed by atoms with Crippen LogP contribution in [0.25, 0.3) is 22.3 Å². The van der Waals surface area contributed by atoms with Crippen LogP contribution in [0.3, 0.4) is 0 Å². The van der Waals surface area contributed by atoms with Crippen molar-refractivity contribution in [1.29, 1.82) is 0 Å². The van der Waals surface area contributed by atoms with Crippen LogP contribution in [0.1, 0.15) is 20.3 Å². The van der Waals surface area contributed by atoms with Gasteiger partial charge in [-0.1, -0.05) is 6.92 Å². The molecule has 0 spiro atoms. The number of halogens is 1. The van der Waals surface area contributed by atoms with Gasteiger partial charge < -0.3 is 14.5 Å². The molecule has 34 heavy (non-hydrogen) atoms. The van der Waals surface area contributed by atoms with E-state index in [4.69, 9.17) is 9.47 Å². The molecule has 4 rings (SSSR count). The average molecular weight is 555 g/mol. The molecule has 0 saturated carbocycles. The van der Waals surface area contributed by atoms with E-state index in [9.17, 15) is 18.0 Å². The number of H-pyrrole nitrogens is 1. The van der Waals surface area contributed by atoms with Gasteiger partial charge in [-0.15, -0.1) is 0 Å². The van der Waals surface area contributed by atoms with Crippen molar-refractivity contribution in [3.05, 3.63) is 43.5 Å². The number of rotatable bonds is 7. The lowest BCUT2D eigenvalue weighted by Gasteiger charge is -2.26. The van der Waals surface area contributed by atoms with E-state index in [0.29, 0.717) is 59.8 Å². The Morgan fingerprint density at radius 3 is 2.53 bits per heavy atom. The van der Waals surface area contributed by atoms with Crippen LogP contribution in [0, 0.1) is 0 Å². The molecule has 0 radical (unpaired) electrons. The predicted octanol–water partition coefficient (Wildman–Crippen LogP) is 2.29. The number of sulfonamides is 1. The Bertz CT molecular complexity index is 1450. The Labute approximate surface area is 205 Å². The largest absolute Gasteiger partial charge is 0.493 e. The fourth-order valence-corrected chi connectivity index (χ4v) is 6.27. The molecule has 10 nitrogen and oxygen atoms in total. The Morgan fingerprint density at radius 1 is 1.18 bits per heavy atom. The molecule has 12 heteroatoms. The Kier molecular flexibility index (Phi) is 7.04. The second kappa shape index (κ2) is 9.68. The van der Waals surface area contributed by atoms with Crippen LogP contribution in [0.5, 0.6) is 5.75 Å². The van der Waals surface area contributed by atoms with E-state index in [0.717, 1.165) is 4.57 Å². The number of morpholine rings is 1. The molecule has 184 valence electrons. The number of nitrogens with zero attached hydrogens (tertiary/aromatic N) is 3. The SMILES string of the molecule is CCCn1c(=O)n(C)c(=O)c2[nH]c(-c3cc(S(=O)(=O)N4CCOCC4)ccc3OCC)c(Br)c21. The molecule has 1 aromatic carbocycles. The molecule has 1 fully saturated rings. The number of nitrogens with one attached hydrogen (secondary N) is 1. The molecule has 3 aromatic rings. The summed E-state index contributed by atoms with van der Waals surface area (Å²) in [5, 5.41) is 0. The van der Waals surface area contributed by atoms with Crippen LogP contribution in [-0.4, -0.2) is 59.8 Å². The number of aromatic nitrogens is 3. The molecule has 1 aliphatic rings. The fourth-order valence-electron chi connectivity index (χ4n) is 4.11. The van der Waals surface area contributed by atoms with Crippen molar-refractivity contribution in [2.75, 3.05) is 32.9 Å². The summed E-state index contributed by atoms with van der Waals surface area (Å²) in [6.07, 6.45) is 0.692. The first-order valence-electron chi connectivity index (χ1n) is 11.1. The molecule has 0 atom stereocenters. The monoisotopic (exact) mass is 554 g/mol. The standard InChI is InChI=1S/C22H27BrN4O6S/c1-4-8-27-20-17(23)18(24-19(20)21(28)25(3)22(27)29)15-13-14(6-7-16(15)33-5-2)34(30,31)26-9-11-32-12-10-26/h6-7,13,24H,4-5,8-12H2,1-3H3. The van der Waals surface area contributed by atoms with Gasteiger partial charge in [0.1, 0.15) is 11.3 Å². The zero-order chi connectivity index (χ0) is 24.6. The van der Waals surface area contributed by atoms with Gasteiger partial charge in [0.25, 0.3) is 5.56 Å². The lowest BCUT2D eigenvalue weighted by Crippen LogP contribution is -2.40. The van der Waals surface area contributed by atoms with Gasteiger partial charge in [0.05, 0.1) is 40.4 Å². The highest BCUT2D eigenvalue weighted by atomic mass is 79.9. The van der Waals surface area contributed by atoms with Crippen molar-refractivity contribution in [3.63, 3.8) is 0 Å². The third kappa shape index (κ3) is 4.12. The van der Waals surface area contributed by atoms with Gasteiger partial charge in [0, 0.05) is 32.2 Å². The van der Waals surface area contributed by atoms with Crippen LogP contribution in [0.4, 0.5) is 0 Å². The van der Waals surface area contributed by atoms with Gasteiger partial charge in [-0.2, -0.15) is 4.31 Å². The van der Waals surface area contributed by atoms with Crippen molar-refractivity contribution in [2.45, 2.75) is 31.7 Å². The number of aromatic amines is 1. The maximum atomic E-state index is 13.3. The Balaban J connectivity index is 1.97. The second-order valence-corrected chi connectivity index (χ2v) is 10.7. The minimum atomic E-state index is -3.76. The van der Waals surface area contributed by atoms with E-state index < -0.39 is 21.3 Å². The van der Waals surface area contributed by atoms with Gasteiger partial charge >= 0.3 is 5.69 Å². The summed E-state index contributed by atoms with van der Waals surface area (Å²) < 4.78 is 42.1. The average Bonchev–Trinajstić information content (AvgIpc) is 3.18. The zero-order valence-electron chi connectivity index (χ0n) is 19.3. The summed E-state index contributed by atoms with van der Waals surface area (Å²) in [6, 6.07) is 4.67. The van der Waals surface area contributed by atoms with E-state index in [1.54, 1.807) is 6.07 Å². The first kappa shape index (κ1) is 24.7. The topological polar surface area (TPSA) is 116 Å². The van der Waals surface area contributed by atoms with Gasteiger partial charge in [-0.25, -0.2) is 13.2 Å². The number of hydrogen-bond acceptors (Lipinski definition) is 6. The minimum absolute atomic E-state index is 0.109. The normalized spacial score (nSPS) is 15.2. The molecule has 1 saturated heterocycles. The summed E-state index contributed by atoms with van der Waals surface area (Å²) in [6.45, 7) is 5.80. The molecule has 1 aliphatic heterocycles. The third-order valence-corrected chi connectivity index (χ3v) is 8.46. The molecular weight excluding hydrogens is 528 g/mol. The molecule has 0 aliphatic carbocycles. The Morgan fingerprint density at radius 2 is 1.88 bits per heavy atom. The van der Waals surface area contributed by atoms with E-state index in [1.165, 1.54) is 28.1 Å². The number of hydrogen-bond donors (Lipinski definition) is 1. The minimum Gasteiger partial charge on any atom is -0.493 e. The third-order valence-electron chi connectivity index (χ3n) is 5.80. The van der Waals surface area contributed by atoms with Crippen molar-refractivity contribution >= 4 is 37.0 Å². The molecule has 0 amide bonds. The molecule has 0 bridgehead atoms. The Hall–Kier alpha value is -2.41. The van der Waals surface area contributed by atoms with Crippen molar-refractivity contribution in [3.8, 4) is 17.0 Å². The van der Waals surface area contributed by atoms with Crippen LogP contribution >= 0.6 is 15.9 Å². The molecule has 3 heterocycles. The van der Waals surface area contributed by atoms with Gasteiger partial charge in [0.15, 0.2) is 0 Å². The van der Waals surface area contributed by atoms with E-state index in [2.05, 4.69) is 20.9 Å². The number of fused-ring (bicyclic) bond motifs is 1. The highest BCUT2D eigenvalue weighted by molar-refractivity contribution is 9.10. The summed E-state index contributed by atoms with van der Waals surface area (Å²) >= 11 is 3.57. The molecule has 1 N–H and O–H groups in total. The predicted molar refractivity (Wildman–Crippen MR) is 132 cm³/mol. The van der Waals surface area contributed by atoms with Crippen LogP contribution in [0.2, 0.25) is 0 Å². The quantitative estimate of drug-likeness (QED) is 0.479. The van der Waals surface area contributed by atoms with Gasteiger partial charge in [-0.05, 0) is 47.5 Å². The lowest BCUT2D eigenvalue weighted by molar-refractivity contribution is 0.0730. The van der Waals surface area contributed by atoms with E-state index >= 15 is 0 Å². The lowest BCUT2D eigenvalue weighted by atomic mass is 10.1. The van der Waals surface area contributed by atoms with Crippen LogP contribution in [-0.2, 0) is 28.4 Å². The van der Waals surface area contributed by atoms with E-state index in [1.807, 2.05) is 13.8 Å². The highest BCUT2D eigenvalue weighted by Crippen LogP contribution is 2.39. The maximum absolute atomic E-state index is 13.3. The summed E-state index contributed by atoms with van der Waals surface area (Å²) in [5.41, 5.74) is 0.741. The number of benzene rings is 1. The summed E-state index contributed by atoms with van der Waals surface area (Å²) in [7, 11) is -2.32. The smallest absolute Gasteiger partial charge is 0.331 e. The van der Waals surface area contributed by atoms with Crippen molar-refractivity contribution < 1.29 is 17.9 Å². The molecular formula is C22H27BrN4O6S. The van der Waals surface area contributed by atoms with E-state index in [-0.39, 0.29) is 23.5 Å². The summed E-state index contributed by atoms with van der Waals surface area (Å²) in [4.78, 5) is 28.9. The van der Waals surface area contributed by atoms with Crippen molar-refractivity contribution in [2.24, 2.45) is 7.05 Å². The first-order chi connectivity index (χ1) is 16.2. The second-order valence-electron chi connectivity index (χ2n) is 7.94. The van der Waals surface area contributed by atoms with Crippen molar-refractivity contribution in [1.82, 2.24) is 18.4 Å². The first-order valence-corrected chi connectivity index (χ1v) is 13.3. The zero-order valence-corrected chi connectivity index (χ0v) is 21.7. The number of ether oxygens (including phenoxy) is 2. The molecule has 0 unspecified atom stereocenters. The molecule has 2 aromatic heterocycles. The van der Waals surface area contributed by atoms with Gasteiger partial charge in [-0.3, -0.25) is 13.9 Å².